The normalized spacial score (nSPS) is 15.6. The molecular formula is C8H10N2O2. The van der Waals surface area contributed by atoms with Gasteiger partial charge < -0.3 is 10.6 Å². The standard InChI is InChI=1S/C8H10N2O2/c1-6-2-3-7(9-4-11)8(6)10-5-12/h2,4-5H,3H2,1H3,(H,9,11)(H,10,12). The second kappa shape index (κ2) is 3.71. The SMILES string of the molecule is CC1=CCC(NC=O)=C1NC=O. The maximum Gasteiger partial charge on any atom is 0.211 e. The third-order valence-electron chi connectivity index (χ3n) is 1.74. The van der Waals surface area contributed by atoms with Gasteiger partial charge in [0.05, 0.1) is 5.70 Å². The molecular weight excluding hydrogens is 156 g/mol. The number of hydrogen-bond acceptors (Lipinski definition) is 2. The first-order chi connectivity index (χ1) is 5.79. The van der Waals surface area contributed by atoms with Gasteiger partial charge in [-0.2, -0.15) is 0 Å². The molecule has 4 nitrogen and oxygen atoms in total. The van der Waals surface area contributed by atoms with E-state index in [-0.39, 0.29) is 0 Å². The van der Waals surface area contributed by atoms with Gasteiger partial charge in [0.25, 0.3) is 0 Å². The molecule has 2 N–H and O–H groups in total. The van der Waals surface area contributed by atoms with Crippen LogP contribution in [0.2, 0.25) is 0 Å². The Hall–Kier alpha value is -1.58. The van der Waals surface area contributed by atoms with Crippen molar-refractivity contribution in [2.24, 2.45) is 0 Å². The van der Waals surface area contributed by atoms with Crippen molar-refractivity contribution >= 4 is 12.8 Å². The highest BCUT2D eigenvalue weighted by Gasteiger charge is 2.12. The van der Waals surface area contributed by atoms with Gasteiger partial charge in [0.1, 0.15) is 0 Å². The predicted molar refractivity (Wildman–Crippen MR) is 43.8 cm³/mol. The summed E-state index contributed by atoms with van der Waals surface area (Å²) < 4.78 is 0. The van der Waals surface area contributed by atoms with Crippen LogP contribution in [0.4, 0.5) is 0 Å². The number of amides is 2. The summed E-state index contributed by atoms with van der Waals surface area (Å²) >= 11 is 0. The van der Waals surface area contributed by atoms with Crippen LogP contribution in [-0.2, 0) is 9.59 Å². The van der Waals surface area contributed by atoms with Crippen molar-refractivity contribution in [3.63, 3.8) is 0 Å². The Morgan fingerprint density at radius 2 is 2.00 bits per heavy atom. The zero-order valence-corrected chi connectivity index (χ0v) is 6.76. The summed E-state index contributed by atoms with van der Waals surface area (Å²) in [6.07, 6.45) is 3.82. The molecule has 0 atom stereocenters. The molecule has 0 fully saturated rings. The maximum atomic E-state index is 10.2. The van der Waals surface area contributed by atoms with Crippen molar-refractivity contribution in [1.29, 1.82) is 0 Å². The Morgan fingerprint density at radius 1 is 1.33 bits per heavy atom. The Labute approximate surface area is 70.3 Å². The van der Waals surface area contributed by atoms with E-state index >= 15 is 0 Å². The van der Waals surface area contributed by atoms with E-state index in [9.17, 15) is 9.59 Å². The van der Waals surface area contributed by atoms with Crippen molar-refractivity contribution in [1.82, 2.24) is 10.6 Å². The largest absolute Gasteiger partial charge is 0.330 e. The van der Waals surface area contributed by atoms with Gasteiger partial charge in [-0.1, -0.05) is 6.08 Å². The zero-order chi connectivity index (χ0) is 8.97. The first-order valence-electron chi connectivity index (χ1n) is 3.60. The van der Waals surface area contributed by atoms with Crippen LogP contribution >= 0.6 is 0 Å². The second-order valence-corrected chi connectivity index (χ2v) is 2.47. The topological polar surface area (TPSA) is 58.2 Å². The summed E-state index contributed by atoms with van der Waals surface area (Å²) in [5, 5.41) is 5.07. The summed E-state index contributed by atoms with van der Waals surface area (Å²) in [7, 11) is 0. The molecule has 2 amide bonds. The molecule has 0 saturated carbocycles. The van der Waals surface area contributed by atoms with Crippen molar-refractivity contribution in [2.75, 3.05) is 0 Å². The minimum absolute atomic E-state index is 0.602. The highest BCUT2D eigenvalue weighted by Crippen LogP contribution is 2.20. The molecule has 64 valence electrons. The van der Waals surface area contributed by atoms with Crippen LogP contribution in [0.5, 0.6) is 0 Å². The lowest BCUT2D eigenvalue weighted by atomic mass is 10.2. The average molecular weight is 166 g/mol. The average Bonchev–Trinajstić information content (AvgIpc) is 2.37. The molecule has 0 aliphatic heterocycles. The fourth-order valence-electron chi connectivity index (χ4n) is 1.16. The van der Waals surface area contributed by atoms with Crippen molar-refractivity contribution in [3.05, 3.63) is 23.0 Å². The lowest BCUT2D eigenvalue weighted by Gasteiger charge is -2.05. The fourth-order valence-corrected chi connectivity index (χ4v) is 1.16. The van der Waals surface area contributed by atoms with Gasteiger partial charge in [-0.3, -0.25) is 9.59 Å². The van der Waals surface area contributed by atoms with Crippen LogP contribution in [0.1, 0.15) is 13.3 Å². The molecule has 0 aromatic carbocycles. The fraction of sp³-hybridized carbons (Fsp3) is 0.250. The molecule has 0 bridgehead atoms. The Balaban J connectivity index is 2.80. The summed E-state index contributed by atoms with van der Waals surface area (Å²) in [4.78, 5) is 20.3. The van der Waals surface area contributed by atoms with Crippen molar-refractivity contribution in [3.8, 4) is 0 Å². The Kier molecular flexibility index (Phi) is 2.63. The molecule has 0 heterocycles. The maximum absolute atomic E-state index is 10.2. The summed E-state index contributed by atoms with van der Waals surface area (Å²) in [6, 6.07) is 0. The predicted octanol–water partition coefficient (Wildman–Crippen LogP) is 0.0400. The lowest BCUT2D eigenvalue weighted by Crippen LogP contribution is -2.18. The molecule has 0 aromatic heterocycles. The van der Waals surface area contributed by atoms with E-state index in [0.717, 1.165) is 11.3 Å². The number of rotatable bonds is 4. The van der Waals surface area contributed by atoms with Crippen LogP contribution in [0.25, 0.3) is 0 Å². The van der Waals surface area contributed by atoms with Gasteiger partial charge in [-0.05, 0) is 12.5 Å². The van der Waals surface area contributed by atoms with Crippen LogP contribution < -0.4 is 10.6 Å². The molecule has 0 aromatic rings. The van der Waals surface area contributed by atoms with Crippen molar-refractivity contribution < 1.29 is 9.59 Å². The summed E-state index contributed by atoms with van der Waals surface area (Å²) in [5.41, 5.74) is 2.43. The highest BCUT2D eigenvalue weighted by molar-refractivity contribution is 5.59. The van der Waals surface area contributed by atoms with E-state index < -0.39 is 0 Å². The Morgan fingerprint density at radius 3 is 2.58 bits per heavy atom. The van der Waals surface area contributed by atoms with Crippen LogP contribution in [0.15, 0.2) is 23.0 Å². The van der Waals surface area contributed by atoms with E-state index in [0.29, 0.717) is 24.9 Å². The molecule has 0 unspecified atom stereocenters. The zero-order valence-electron chi connectivity index (χ0n) is 6.76. The number of allylic oxidation sites excluding steroid dienone is 2. The van der Waals surface area contributed by atoms with E-state index in [2.05, 4.69) is 10.6 Å². The van der Waals surface area contributed by atoms with Gasteiger partial charge in [-0.15, -0.1) is 0 Å². The van der Waals surface area contributed by atoms with E-state index in [1.165, 1.54) is 0 Å². The highest BCUT2D eigenvalue weighted by atomic mass is 16.1. The molecule has 1 aliphatic rings. The first kappa shape index (κ1) is 8.52. The molecule has 1 rings (SSSR count). The monoisotopic (exact) mass is 166 g/mol. The molecule has 0 saturated heterocycles. The minimum Gasteiger partial charge on any atom is -0.330 e. The van der Waals surface area contributed by atoms with E-state index in [4.69, 9.17) is 0 Å². The quantitative estimate of drug-likeness (QED) is 0.579. The smallest absolute Gasteiger partial charge is 0.211 e. The lowest BCUT2D eigenvalue weighted by molar-refractivity contribution is -0.110. The van der Waals surface area contributed by atoms with Gasteiger partial charge in [0.2, 0.25) is 12.8 Å². The van der Waals surface area contributed by atoms with E-state index in [1.807, 2.05) is 13.0 Å². The molecule has 1 aliphatic carbocycles. The number of hydrogen-bond donors (Lipinski definition) is 2. The third-order valence-corrected chi connectivity index (χ3v) is 1.74. The van der Waals surface area contributed by atoms with Crippen LogP contribution in [-0.4, -0.2) is 12.8 Å². The second-order valence-electron chi connectivity index (χ2n) is 2.47. The number of nitrogens with one attached hydrogen (secondary N) is 2. The van der Waals surface area contributed by atoms with Crippen LogP contribution in [0.3, 0.4) is 0 Å². The van der Waals surface area contributed by atoms with Crippen LogP contribution in [0, 0.1) is 0 Å². The van der Waals surface area contributed by atoms with E-state index in [1.54, 1.807) is 0 Å². The molecule has 4 heteroatoms. The van der Waals surface area contributed by atoms with Gasteiger partial charge >= 0.3 is 0 Å². The first-order valence-corrected chi connectivity index (χ1v) is 3.60. The molecule has 0 spiro atoms. The number of carbonyl (C=O) groups is 2. The van der Waals surface area contributed by atoms with Gasteiger partial charge in [0.15, 0.2) is 0 Å². The third kappa shape index (κ3) is 1.53. The molecule has 12 heavy (non-hydrogen) atoms. The Bertz CT molecular complexity index is 262. The summed E-state index contributed by atoms with van der Waals surface area (Å²) in [6.45, 7) is 1.88. The summed E-state index contributed by atoms with van der Waals surface area (Å²) in [5.74, 6) is 0. The van der Waals surface area contributed by atoms with Gasteiger partial charge in [0, 0.05) is 12.1 Å². The number of carbonyl (C=O) groups excluding carboxylic acids is 2. The molecule has 0 radical (unpaired) electrons. The minimum atomic E-state index is 0.602. The van der Waals surface area contributed by atoms with Crippen molar-refractivity contribution in [2.45, 2.75) is 13.3 Å². The van der Waals surface area contributed by atoms with Gasteiger partial charge in [-0.25, -0.2) is 0 Å².